The quantitative estimate of drug-likeness (QED) is 0.845. The summed E-state index contributed by atoms with van der Waals surface area (Å²) in [5, 5.41) is 3.21. The molecular weight excluding hydrogens is 240 g/mol. The third kappa shape index (κ3) is 2.78. The van der Waals surface area contributed by atoms with Gasteiger partial charge < -0.3 is 5.32 Å². The molecule has 102 valence electrons. The van der Waals surface area contributed by atoms with Crippen molar-refractivity contribution in [2.45, 2.75) is 39.7 Å². The number of aryl methyl sites for hydroxylation is 2. The maximum atomic E-state index is 12.1. The molecule has 1 unspecified atom stereocenters. The molecule has 4 heteroatoms. The van der Waals surface area contributed by atoms with Gasteiger partial charge in [-0.05, 0) is 37.5 Å². The third-order valence-corrected chi connectivity index (χ3v) is 3.41. The lowest BCUT2D eigenvalue weighted by atomic mass is 10.1. The van der Waals surface area contributed by atoms with Crippen molar-refractivity contribution in [3.05, 3.63) is 29.3 Å². The molecule has 1 saturated heterocycles. The van der Waals surface area contributed by atoms with Gasteiger partial charge >= 0.3 is 0 Å². The van der Waals surface area contributed by atoms with Crippen molar-refractivity contribution < 1.29 is 9.59 Å². The highest BCUT2D eigenvalue weighted by molar-refractivity contribution is 6.06. The van der Waals surface area contributed by atoms with Gasteiger partial charge in [-0.3, -0.25) is 14.5 Å². The Labute approximate surface area is 113 Å². The summed E-state index contributed by atoms with van der Waals surface area (Å²) in [5.41, 5.74) is 3.15. The summed E-state index contributed by atoms with van der Waals surface area (Å²) >= 11 is 0. The number of rotatable bonds is 4. The zero-order valence-electron chi connectivity index (χ0n) is 11.7. The minimum Gasteiger partial charge on any atom is -0.373 e. The fraction of sp³-hybridized carbons (Fsp3) is 0.467. The zero-order chi connectivity index (χ0) is 14.0. The number of likely N-dealkylation sites (tertiary alicyclic amines) is 1. The van der Waals surface area contributed by atoms with E-state index < -0.39 is 6.04 Å². The number of hydrogen-bond acceptors (Lipinski definition) is 3. The predicted molar refractivity (Wildman–Crippen MR) is 75.0 cm³/mol. The molecule has 2 amide bonds. The van der Waals surface area contributed by atoms with Gasteiger partial charge in [-0.15, -0.1) is 0 Å². The third-order valence-electron chi connectivity index (χ3n) is 3.41. The lowest BCUT2D eigenvalue weighted by molar-refractivity contribution is -0.138. The molecule has 0 saturated carbocycles. The summed E-state index contributed by atoms with van der Waals surface area (Å²) < 4.78 is 0. The molecule has 1 aliphatic heterocycles. The number of nitrogens with one attached hydrogen (secondary N) is 1. The molecule has 0 radical (unpaired) electrons. The second kappa shape index (κ2) is 5.43. The summed E-state index contributed by atoms with van der Waals surface area (Å²) in [4.78, 5) is 25.3. The van der Waals surface area contributed by atoms with Gasteiger partial charge in [0.05, 0.1) is 6.42 Å². The molecule has 1 aliphatic rings. The van der Waals surface area contributed by atoms with Crippen LogP contribution in [0.1, 0.15) is 30.9 Å². The molecule has 4 nitrogen and oxygen atoms in total. The molecule has 1 heterocycles. The van der Waals surface area contributed by atoms with Crippen molar-refractivity contribution in [1.29, 1.82) is 0 Å². The van der Waals surface area contributed by atoms with Gasteiger partial charge in [0, 0.05) is 12.2 Å². The Balaban J connectivity index is 2.14. The van der Waals surface area contributed by atoms with Crippen LogP contribution in [0.15, 0.2) is 18.2 Å². The van der Waals surface area contributed by atoms with E-state index in [0.717, 1.165) is 23.2 Å². The number of carbonyl (C=O) groups excluding carboxylic acids is 2. The molecule has 1 N–H and O–H groups in total. The normalized spacial score (nSPS) is 19.1. The van der Waals surface area contributed by atoms with Crippen molar-refractivity contribution in [2.24, 2.45) is 0 Å². The van der Waals surface area contributed by atoms with Crippen LogP contribution in [0.2, 0.25) is 0 Å². The topological polar surface area (TPSA) is 49.4 Å². The van der Waals surface area contributed by atoms with E-state index >= 15 is 0 Å². The van der Waals surface area contributed by atoms with E-state index in [2.05, 4.69) is 5.32 Å². The summed E-state index contributed by atoms with van der Waals surface area (Å²) in [5.74, 6) is -0.178. The van der Waals surface area contributed by atoms with Crippen LogP contribution in [-0.2, 0) is 9.59 Å². The smallest absolute Gasteiger partial charge is 0.252 e. The second-order valence-electron chi connectivity index (χ2n) is 5.10. The van der Waals surface area contributed by atoms with Gasteiger partial charge in [-0.1, -0.05) is 19.1 Å². The Bertz CT molecular complexity index is 511. The minimum atomic E-state index is -0.417. The fourth-order valence-electron chi connectivity index (χ4n) is 2.33. The van der Waals surface area contributed by atoms with Gasteiger partial charge in [-0.25, -0.2) is 0 Å². The predicted octanol–water partition coefficient (Wildman–Crippen LogP) is 2.25. The SMILES string of the molecule is CCCN1C(=O)CC(Nc2cc(C)ccc2C)C1=O. The van der Waals surface area contributed by atoms with Gasteiger partial charge in [0.15, 0.2) is 0 Å². The highest BCUT2D eigenvalue weighted by Gasteiger charge is 2.37. The number of nitrogens with zero attached hydrogens (tertiary/aromatic N) is 1. The van der Waals surface area contributed by atoms with Crippen molar-refractivity contribution in [1.82, 2.24) is 4.90 Å². The van der Waals surface area contributed by atoms with Crippen molar-refractivity contribution in [2.75, 3.05) is 11.9 Å². The van der Waals surface area contributed by atoms with Crippen molar-refractivity contribution >= 4 is 17.5 Å². The average molecular weight is 260 g/mol. The maximum absolute atomic E-state index is 12.1. The first-order valence-corrected chi connectivity index (χ1v) is 6.71. The van der Waals surface area contributed by atoms with Crippen LogP contribution in [0.3, 0.4) is 0 Å². The molecule has 0 bridgehead atoms. The molecule has 19 heavy (non-hydrogen) atoms. The van der Waals surface area contributed by atoms with Crippen molar-refractivity contribution in [3.8, 4) is 0 Å². The maximum Gasteiger partial charge on any atom is 0.252 e. The Morgan fingerprint density at radius 1 is 1.32 bits per heavy atom. The lowest BCUT2D eigenvalue weighted by Crippen LogP contribution is -2.35. The van der Waals surface area contributed by atoms with Gasteiger partial charge in [0.2, 0.25) is 5.91 Å². The van der Waals surface area contributed by atoms with Crippen molar-refractivity contribution in [3.63, 3.8) is 0 Å². The summed E-state index contributed by atoms with van der Waals surface area (Å²) in [6.07, 6.45) is 1.06. The van der Waals surface area contributed by atoms with E-state index in [4.69, 9.17) is 0 Å². The van der Waals surface area contributed by atoms with Gasteiger partial charge in [-0.2, -0.15) is 0 Å². The molecule has 1 atom stereocenters. The summed E-state index contributed by atoms with van der Waals surface area (Å²) in [7, 11) is 0. The van der Waals surface area contributed by atoms with Crippen LogP contribution in [0, 0.1) is 13.8 Å². The fourth-order valence-corrected chi connectivity index (χ4v) is 2.33. The number of carbonyl (C=O) groups is 2. The standard InChI is InChI=1S/C15H20N2O2/c1-4-7-17-14(18)9-13(15(17)19)16-12-8-10(2)5-6-11(12)3/h5-6,8,13,16H,4,7,9H2,1-3H3. The number of benzene rings is 1. The van der Waals surface area contributed by atoms with E-state index in [9.17, 15) is 9.59 Å². The average Bonchev–Trinajstić information content (AvgIpc) is 2.62. The number of amides is 2. The highest BCUT2D eigenvalue weighted by Crippen LogP contribution is 2.22. The highest BCUT2D eigenvalue weighted by atomic mass is 16.2. The second-order valence-corrected chi connectivity index (χ2v) is 5.10. The summed E-state index contributed by atoms with van der Waals surface area (Å²) in [6, 6.07) is 5.64. The molecule has 2 rings (SSSR count). The first-order valence-electron chi connectivity index (χ1n) is 6.71. The van der Waals surface area contributed by atoms with E-state index in [-0.39, 0.29) is 18.2 Å². The first kappa shape index (κ1) is 13.6. The number of anilines is 1. The van der Waals surface area contributed by atoms with Gasteiger partial charge in [0.25, 0.3) is 5.91 Å². The Kier molecular flexibility index (Phi) is 3.88. The number of imide groups is 1. The lowest BCUT2D eigenvalue weighted by Gasteiger charge is -2.16. The van der Waals surface area contributed by atoms with Gasteiger partial charge in [0.1, 0.15) is 6.04 Å². The zero-order valence-corrected chi connectivity index (χ0v) is 11.7. The van der Waals surface area contributed by atoms with Crippen LogP contribution >= 0.6 is 0 Å². The van der Waals surface area contributed by atoms with Crippen LogP contribution in [-0.4, -0.2) is 29.3 Å². The van der Waals surface area contributed by atoms with E-state index in [1.807, 2.05) is 39.0 Å². The van der Waals surface area contributed by atoms with E-state index in [0.29, 0.717) is 6.54 Å². The minimum absolute atomic E-state index is 0.0744. The molecule has 1 fully saturated rings. The van der Waals surface area contributed by atoms with Crippen LogP contribution in [0.25, 0.3) is 0 Å². The largest absolute Gasteiger partial charge is 0.373 e. The summed E-state index contributed by atoms with van der Waals surface area (Å²) in [6.45, 7) is 6.48. The number of hydrogen-bond donors (Lipinski definition) is 1. The van der Waals surface area contributed by atoms with Crippen LogP contribution in [0.5, 0.6) is 0 Å². The molecule has 0 spiro atoms. The van der Waals surface area contributed by atoms with E-state index in [1.165, 1.54) is 4.90 Å². The molecule has 1 aromatic carbocycles. The molecule has 0 aliphatic carbocycles. The molecule has 0 aromatic heterocycles. The molecule has 1 aromatic rings. The Hall–Kier alpha value is -1.84. The molecular formula is C15H20N2O2. The Morgan fingerprint density at radius 2 is 2.05 bits per heavy atom. The monoisotopic (exact) mass is 260 g/mol. The van der Waals surface area contributed by atoms with Crippen LogP contribution < -0.4 is 5.32 Å². The Morgan fingerprint density at radius 3 is 2.74 bits per heavy atom. The van der Waals surface area contributed by atoms with E-state index in [1.54, 1.807) is 0 Å². The first-order chi connectivity index (χ1) is 9.02. The van der Waals surface area contributed by atoms with Crippen LogP contribution in [0.4, 0.5) is 5.69 Å².